The summed E-state index contributed by atoms with van der Waals surface area (Å²) in [5, 5.41) is 7.03. The maximum atomic E-state index is 12.3. The Morgan fingerprint density at radius 1 is 1.32 bits per heavy atom. The van der Waals surface area contributed by atoms with Gasteiger partial charge in [0.1, 0.15) is 0 Å². The molecule has 1 heterocycles. The van der Waals surface area contributed by atoms with Crippen LogP contribution in [0.5, 0.6) is 0 Å². The quantitative estimate of drug-likeness (QED) is 0.466. The predicted octanol–water partition coefficient (Wildman–Crippen LogP) is -0.0911. The maximum absolute atomic E-state index is 12.3. The number of ether oxygens (including phenoxy) is 1. The number of benzene rings is 1. The van der Waals surface area contributed by atoms with Gasteiger partial charge in [-0.3, -0.25) is 4.79 Å². The van der Waals surface area contributed by atoms with Gasteiger partial charge in [0.05, 0.1) is 32.8 Å². The molecule has 2 rings (SSSR count). The van der Waals surface area contributed by atoms with Crippen molar-refractivity contribution in [2.45, 2.75) is 13.3 Å². The molecule has 3 N–H and O–H groups in total. The van der Waals surface area contributed by atoms with Crippen molar-refractivity contribution < 1.29 is 14.4 Å². The SMILES string of the molecule is CCc1ccccc1NC(=O)C[NH+]1CCN(C(=S)NCCOC)CC1. The van der Waals surface area contributed by atoms with Gasteiger partial charge in [-0.15, -0.1) is 0 Å². The van der Waals surface area contributed by atoms with E-state index < -0.39 is 0 Å². The van der Waals surface area contributed by atoms with Gasteiger partial charge in [-0.25, -0.2) is 0 Å². The molecule has 1 fully saturated rings. The lowest BCUT2D eigenvalue weighted by Gasteiger charge is -2.33. The van der Waals surface area contributed by atoms with Crippen molar-refractivity contribution in [2.24, 2.45) is 0 Å². The van der Waals surface area contributed by atoms with Crippen LogP contribution in [0.3, 0.4) is 0 Å². The first-order valence-electron chi connectivity index (χ1n) is 8.87. The number of hydrogen-bond donors (Lipinski definition) is 3. The number of methoxy groups -OCH3 is 1. The monoisotopic (exact) mass is 365 g/mol. The van der Waals surface area contributed by atoms with Crippen molar-refractivity contribution in [1.82, 2.24) is 10.2 Å². The summed E-state index contributed by atoms with van der Waals surface area (Å²) in [7, 11) is 1.68. The van der Waals surface area contributed by atoms with E-state index in [-0.39, 0.29) is 5.91 Å². The van der Waals surface area contributed by atoms with Crippen LogP contribution in [0.4, 0.5) is 5.69 Å². The zero-order valence-corrected chi connectivity index (χ0v) is 16.0. The lowest BCUT2D eigenvalue weighted by molar-refractivity contribution is -0.895. The van der Waals surface area contributed by atoms with Crippen molar-refractivity contribution in [2.75, 3.05) is 58.3 Å². The standard InChI is InChI=1S/C18H28N4O2S/c1-3-15-6-4-5-7-16(15)20-17(23)14-21-9-11-22(12-10-21)18(25)19-8-13-24-2/h4-7H,3,8-14H2,1-2H3,(H,19,25)(H,20,23)/p+1. The van der Waals surface area contributed by atoms with Crippen molar-refractivity contribution in [3.05, 3.63) is 29.8 Å². The third-order valence-corrected chi connectivity index (χ3v) is 4.83. The number of quaternary nitrogens is 1. The van der Waals surface area contributed by atoms with Crippen molar-refractivity contribution in [3.8, 4) is 0 Å². The minimum Gasteiger partial charge on any atom is -0.383 e. The lowest BCUT2D eigenvalue weighted by Crippen LogP contribution is -3.15. The van der Waals surface area contributed by atoms with Crippen LogP contribution in [0, 0.1) is 0 Å². The Kier molecular flexibility index (Phi) is 8.11. The zero-order valence-electron chi connectivity index (χ0n) is 15.1. The zero-order chi connectivity index (χ0) is 18.1. The number of rotatable bonds is 7. The van der Waals surface area contributed by atoms with Gasteiger partial charge in [-0.2, -0.15) is 0 Å². The second kappa shape index (κ2) is 10.3. The fourth-order valence-corrected chi connectivity index (χ4v) is 3.23. The first-order valence-corrected chi connectivity index (χ1v) is 9.28. The van der Waals surface area contributed by atoms with E-state index >= 15 is 0 Å². The minimum absolute atomic E-state index is 0.0742. The summed E-state index contributed by atoms with van der Waals surface area (Å²) < 4.78 is 5.02. The van der Waals surface area contributed by atoms with Crippen LogP contribution < -0.4 is 15.5 Å². The fourth-order valence-electron chi connectivity index (χ4n) is 2.95. The van der Waals surface area contributed by atoms with E-state index in [1.807, 2.05) is 18.2 Å². The summed E-state index contributed by atoms with van der Waals surface area (Å²) in [5.74, 6) is 0.0742. The normalized spacial score (nSPS) is 15.0. The fraction of sp³-hybridized carbons (Fsp3) is 0.556. The van der Waals surface area contributed by atoms with E-state index in [1.165, 1.54) is 10.5 Å². The first kappa shape index (κ1) is 19.6. The summed E-state index contributed by atoms with van der Waals surface area (Å²) in [5.41, 5.74) is 2.10. The highest BCUT2D eigenvalue weighted by atomic mass is 32.1. The van der Waals surface area contributed by atoms with E-state index in [4.69, 9.17) is 17.0 Å². The van der Waals surface area contributed by atoms with Crippen molar-refractivity contribution in [3.63, 3.8) is 0 Å². The smallest absolute Gasteiger partial charge is 0.279 e. The summed E-state index contributed by atoms with van der Waals surface area (Å²) in [6, 6.07) is 7.98. The summed E-state index contributed by atoms with van der Waals surface area (Å²) in [4.78, 5) is 15.8. The Balaban J connectivity index is 1.74. The van der Waals surface area contributed by atoms with E-state index in [0.717, 1.165) is 49.9 Å². The van der Waals surface area contributed by atoms with Crippen LogP contribution in [0.2, 0.25) is 0 Å². The molecule has 0 unspecified atom stereocenters. The average Bonchev–Trinajstić information content (AvgIpc) is 2.63. The van der Waals surface area contributed by atoms with Gasteiger partial charge in [-0.05, 0) is 30.3 Å². The highest BCUT2D eigenvalue weighted by Gasteiger charge is 2.23. The number of aryl methyl sites for hydroxylation is 1. The summed E-state index contributed by atoms with van der Waals surface area (Å²) >= 11 is 5.40. The molecular formula is C18H29N4O2S+. The molecule has 0 saturated carbocycles. The van der Waals surface area contributed by atoms with Crippen LogP contribution >= 0.6 is 12.2 Å². The van der Waals surface area contributed by atoms with Crippen LogP contribution in [0.15, 0.2) is 24.3 Å². The number of nitrogens with zero attached hydrogens (tertiary/aromatic N) is 1. The largest absolute Gasteiger partial charge is 0.383 e. The minimum atomic E-state index is 0.0742. The molecule has 0 radical (unpaired) electrons. The van der Waals surface area contributed by atoms with Gasteiger partial charge in [0.15, 0.2) is 11.7 Å². The molecule has 1 aromatic rings. The van der Waals surface area contributed by atoms with Gasteiger partial charge in [0, 0.05) is 19.3 Å². The molecule has 1 aromatic carbocycles. The highest BCUT2D eigenvalue weighted by molar-refractivity contribution is 7.80. The number of piperazine rings is 1. The maximum Gasteiger partial charge on any atom is 0.279 e. The molecule has 0 aliphatic carbocycles. The topological polar surface area (TPSA) is 58.0 Å². The van der Waals surface area contributed by atoms with Crippen LogP contribution in [0.25, 0.3) is 0 Å². The third kappa shape index (κ3) is 6.26. The van der Waals surface area contributed by atoms with Gasteiger partial charge < -0.3 is 25.2 Å². The first-order chi connectivity index (χ1) is 12.1. The predicted molar refractivity (Wildman–Crippen MR) is 104 cm³/mol. The third-order valence-electron chi connectivity index (χ3n) is 4.42. The number of amides is 1. The molecule has 25 heavy (non-hydrogen) atoms. The van der Waals surface area contributed by atoms with Gasteiger partial charge in [0.25, 0.3) is 5.91 Å². The number of carbonyl (C=O) groups excluding carboxylic acids is 1. The number of hydrogen-bond acceptors (Lipinski definition) is 3. The van der Waals surface area contributed by atoms with E-state index in [9.17, 15) is 4.79 Å². The highest BCUT2D eigenvalue weighted by Crippen LogP contribution is 2.14. The molecule has 7 heteroatoms. The number of nitrogens with one attached hydrogen (secondary N) is 3. The second-order valence-electron chi connectivity index (χ2n) is 6.20. The number of carbonyl (C=O) groups is 1. The van der Waals surface area contributed by atoms with E-state index in [1.54, 1.807) is 7.11 Å². The number of thiocarbonyl (C=S) groups is 1. The Hall–Kier alpha value is -1.70. The second-order valence-corrected chi connectivity index (χ2v) is 6.58. The van der Waals surface area contributed by atoms with Gasteiger partial charge >= 0.3 is 0 Å². The van der Waals surface area contributed by atoms with Crippen LogP contribution in [0.1, 0.15) is 12.5 Å². The van der Waals surface area contributed by atoms with E-state index in [0.29, 0.717) is 13.2 Å². The van der Waals surface area contributed by atoms with Crippen LogP contribution in [-0.2, 0) is 16.0 Å². The van der Waals surface area contributed by atoms with Crippen molar-refractivity contribution >= 4 is 28.9 Å². The molecule has 1 aliphatic heterocycles. The molecule has 6 nitrogen and oxygen atoms in total. The Morgan fingerprint density at radius 3 is 2.72 bits per heavy atom. The molecule has 1 amide bonds. The van der Waals surface area contributed by atoms with Crippen LogP contribution in [-0.4, -0.2) is 68.9 Å². The molecular weight excluding hydrogens is 336 g/mol. The van der Waals surface area contributed by atoms with Gasteiger partial charge in [-0.1, -0.05) is 25.1 Å². The molecule has 0 atom stereocenters. The molecule has 0 spiro atoms. The summed E-state index contributed by atoms with van der Waals surface area (Å²) in [6.45, 7) is 7.52. The molecule has 0 bridgehead atoms. The molecule has 1 aliphatic rings. The Morgan fingerprint density at radius 2 is 2.04 bits per heavy atom. The average molecular weight is 366 g/mol. The Labute approximate surface area is 155 Å². The van der Waals surface area contributed by atoms with Crippen molar-refractivity contribution in [1.29, 1.82) is 0 Å². The number of para-hydroxylation sites is 1. The lowest BCUT2D eigenvalue weighted by atomic mass is 10.1. The number of anilines is 1. The van der Waals surface area contributed by atoms with E-state index in [2.05, 4.69) is 28.5 Å². The molecule has 0 aromatic heterocycles. The van der Waals surface area contributed by atoms with Gasteiger partial charge in [0.2, 0.25) is 0 Å². The Bertz CT molecular complexity index is 574. The summed E-state index contributed by atoms with van der Waals surface area (Å²) in [6.07, 6.45) is 0.912. The molecule has 1 saturated heterocycles. The molecule has 138 valence electrons.